The van der Waals surface area contributed by atoms with Gasteiger partial charge in [0.05, 0.1) is 10.4 Å². The number of anilines is 1. The van der Waals surface area contributed by atoms with E-state index in [4.69, 9.17) is 0 Å². The summed E-state index contributed by atoms with van der Waals surface area (Å²) in [5.41, 5.74) is 1.80. The predicted octanol–water partition coefficient (Wildman–Crippen LogP) is 3.37. The molecule has 2 heterocycles. The average molecular weight is 407 g/mol. The topological polar surface area (TPSA) is 54.3 Å². The molecule has 0 atom stereocenters. The lowest BCUT2D eigenvalue weighted by Gasteiger charge is -2.21. The van der Waals surface area contributed by atoms with Crippen LogP contribution >= 0.6 is 11.3 Å². The third-order valence-corrected chi connectivity index (χ3v) is 5.33. The van der Waals surface area contributed by atoms with Crippen molar-refractivity contribution in [1.82, 2.24) is 19.7 Å². The summed E-state index contributed by atoms with van der Waals surface area (Å²) >= 11 is 1.11. The van der Waals surface area contributed by atoms with Crippen LogP contribution in [0, 0.1) is 25.5 Å². The zero-order chi connectivity index (χ0) is 20.4. The average Bonchev–Trinajstić information content (AvgIpc) is 3.14. The van der Waals surface area contributed by atoms with E-state index in [0.29, 0.717) is 16.4 Å². The van der Waals surface area contributed by atoms with Crippen LogP contribution in [0.15, 0.2) is 18.2 Å². The van der Waals surface area contributed by atoms with Crippen molar-refractivity contribution >= 4 is 32.6 Å². The Balaban J connectivity index is 1.90. The van der Waals surface area contributed by atoms with Crippen LogP contribution in [0.5, 0.6) is 0 Å². The number of halogens is 2. The van der Waals surface area contributed by atoms with E-state index in [1.807, 2.05) is 38.9 Å². The van der Waals surface area contributed by atoms with Crippen LogP contribution in [0.2, 0.25) is 0 Å². The number of fused-ring (bicyclic) bond motifs is 1. The first-order valence-electron chi connectivity index (χ1n) is 8.96. The van der Waals surface area contributed by atoms with E-state index in [2.05, 4.69) is 10.1 Å². The van der Waals surface area contributed by atoms with Gasteiger partial charge in [0.15, 0.2) is 10.9 Å². The van der Waals surface area contributed by atoms with Crippen molar-refractivity contribution in [3.8, 4) is 0 Å². The molecule has 0 aliphatic rings. The van der Waals surface area contributed by atoms with Crippen molar-refractivity contribution < 1.29 is 13.6 Å². The molecular weight excluding hydrogens is 384 g/mol. The highest BCUT2D eigenvalue weighted by molar-refractivity contribution is 7.22. The van der Waals surface area contributed by atoms with Gasteiger partial charge in [-0.25, -0.2) is 13.8 Å². The van der Waals surface area contributed by atoms with Crippen molar-refractivity contribution in [3.63, 3.8) is 0 Å². The molecule has 0 bridgehead atoms. The van der Waals surface area contributed by atoms with Crippen LogP contribution in [-0.2, 0) is 11.3 Å². The van der Waals surface area contributed by atoms with Crippen LogP contribution in [0.3, 0.4) is 0 Å². The second-order valence-corrected chi connectivity index (χ2v) is 8.03. The van der Waals surface area contributed by atoms with Gasteiger partial charge < -0.3 is 4.90 Å². The highest BCUT2D eigenvalue weighted by Crippen LogP contribution is 2.31. The van der Waals surface area contributed by atoms with Gasteiger partial charge in [-0.3, -0.25) is 14.4 Å². The molecule has 3 aromatic rings. The summed E-state index contributed by atoms with van der Waals surface area (Å²) in [4.78, 5) is 20.9. The monoisotopic (exact) mass is 407 g/mol. The first kappa shape index (κ1) is 20.3. The molecule has 0 fully saturated rings. The second-order valence-electron chi connectivity index (χ2n) is 7.02. The Kier molecular flexibility index (Phi) is 6.04. The number of thiazole rings is 1. The number of nitrogens with zero attached hydrogens (tertiary/aromatic N) is 5. The van der Waals surface area contributed by atoms with Crippen LogP contribution in [0.25, 0.3) is 10.2 Å². The molecule has 0 aliphatic heterocycles. The zero-order valence-corrected chi connectivity index (χ0v) is 17.2. The number of benzene rings is 1. The van der Waals surface area contributed by atoms with Crippen molar-refractivity contribution in [2.75, 3.05) is 32.1 Å². The molecule has 3 rings (SSSR count). The molecule has 150 valence electrons. The summed E-state index contributed by atoms with van der Waals surface area (Å²) < 4.78 is 29.6. The smallest absolute Gasteiger partial charge is 0.250 e. The highest BCUT2D eigenvalue weighted by Gasteiger charge is 2.22. The zero-order valence-electron chi connectivity index (χ0n) is 16.4. The SMILES string of the molecule is Cc1cc(C)n(CC(=O)N(CCCN(C)C)c2nc3c(F)cc(F)cc3s2)n1. The molecule has 1 amide bonds. The van der Waals surface area contributed by atoms with E-state index >= 15 is 0 Å². The maximum Gasteiger partial charge on any atom is 0.250 e. The first-order chi connectivity index (χ1) is 13.2. The molecule has 0 N–H and O–H groups in total. The normalized spacial score (nSPS) is 11.5. The van der Waals surface area contributed by atoms with Gasteiger partial charge in [0.2, 0.25) is 0 Å². The van der Waals surface area contributed by atoms with Gasteiger partial charge in [-0.2, -0.15) is 5.10 Å². The Morgan fingerprint density at radius 1 is 1.18 bits per heavy atom. The quantitative estimate of drug-likeness (QED) is 0.603. The molecule has 0 radical (unpaired) electrons. The van der Waals surface area contributed by atoms with E-state index in [-0.39, 0.29) is 18.0 Å². The Morgan fingerprint density at radius 3 is 2.57 bits per heavy atom. The minimum Gasteiger partial charge on any atom is -0.309 e. The minimum absolute atomic E-state index is 0.0639. The van der Waals surface area contributed by atoms with Crippen molar-refractivity contribution in [2.24, 2.45) is 0 Å². The van der Waals surface area contributed by atoms with Gasteiger partial charge in [0.25, 0.3) is 5.91 Å². The van der Waals surface area contributed by atoms with Crippen LogP contribution < -0.4 is 4.90 Å². The van der Waals surface area contributed by atoms with Gasteiger partial charge >= 0.3 is 0 Å². The van der Waals surface area contributed by atoms with E-state index in [9.17, 15) is 13.6 Å². The van der Waals surface area contributed by atoms with Gasteiger partial charge in [-0.1, -0.05) is 11.3 Å². The van der Waals surface area contributed by atoms with Crippen LogP contribution in [-0.4, -0.2) is 52.8 Å². The van der Waals surface area contributed by atoms with Gasteiger partial charge in [-0.15, -0.1) is 0 Å². The molecule has 6 nitrogen and oxygen atoms in total. The molecule has 2 aromatic heterocycles. The number of aromatic nitrogens is 3. The maximum absolute atomic E-state index is 14.1. The number of hydrogen-bond donors (Lipinski definition) is 0. The van der Waals surface area contributed by atoms with E-state index in [0.717, 1.165) is 41.8 Å². The summed E-state index contributed by atoms with van der Waals surface area (Å²) in [7, 11) is 3.91. The Labute approximate surface area is 166 Å². The summed E-state index contributed by atoms with van der Waals surface area (Å²) in [5.74, 6) is -1.57. The number of amides is 1. The number of carbonyl (C=O) groups is 1. The summed E-state index contributed by atoms with van der Waals surface area (Å²) in [5, 5.41) is 4.70. The summed E-state index contributed by atoms with van der Waals surface area (Å²) in [6.07, 6.45) is 0.725. The number of hydrogen-bond acceptors (Lipinski definition) is 5. The lowest BCUT2D eigenvalue weighted by atomic mass is 10.3. The van der Waals surface area contributed by atoms with Gasteiger partial charge in [0.1, 0.15) is 17.9 Å². The molecular formula is C19H23F2N5OS. The maximum atomic E-state index is 14.1. The Hall–Kier alpha value is -2.39. The molecule has 9 heteroatoms. The molecule has 28 heavy (non-hydrogen) atoms. The highest BCUT2D eigenvalue weighted by atomic mass is 32.1. The number of carbonyl (C=O) groups excluding carboxylic acids is 1. The molecule has 0 saturated heterocycles. The largest absolute Gasteiger partial charge is 0.309 e. The minimum atomic E-state index is -0.725. The van der Waals surface area contributed by atoms with Crippen LogP contribution in [0.1, 0.15) is 17.8 Å². The fourth-order valence-corrected chi connectivity index (χ4v) is 4.03. The molecule has 0 aliphatic carbocycles. The standard InChI is InChI=1S/C19H23F2N5OS/c1-12-8-13(2)26(23-12)11-17(27)25(7-5-6-24(3)4)19-22-18-15(21)9-14(20)10-16(18)28-19/h8-10H,5-7,11H2,1-4H3. The van der Waals surface area contributed by atoms with E-state index < -0.39 is 11.6 Å². The molecule has 0 saturated carbocycles. The van der Waals surface area contributed by atoms with Gasteiger partial charge in [0, 0.05) is 18.3 Å². The fraction of sp³-hybridized carbons (Fsp3) is 0.421. The van der Waals surface area contributed by atoms with Crippen LogP contribution in [0.4, 0.5) is 13.9 Å². The Bertz CT molecular complexity index is 998. The van der Waals surface area contributed by atoms with E-state index in [1.165, 1.54) is 6.07 Å². The van der Waals surface area contributed by atoms with Gasteiger partial charge in [-0.05, 0) is 53.0 Å². The summed E-state index contributed by atoms with van der Waals surface area (Å²) in [6, 6.07) is 3.95. The van der Waals surface area contributed by atoms with Crippen molar-refractivity contribution in [1.29, 1.82) is 0 Å². The summed E-state index contributed by atoms with van der Waals surface area (Å²) in [6.45, 7) is 5.04. The third-order valence-electron chi connectivity index (χ3n) is 4.31. The predicted molar refractivity (Wildman–Crippen MR) is 107 cm³/mol. The lowest BCUT2D eigenvalue weighted by Crippen LogP contribution is -2.36. The molecule has 0 unspecified atom stereocenters. The number of rotatable bonds is 7. The second kappa shape index (κ2) is 8.32. The number of aryl methyl sites for hydroxylation is 2. The third kappa shape index (κ3) is 4.53. The first-order valence-corrected chi connectivity index (χ1v) is 9.78. The molecule has 0 spiro atoms. The van der Waals surface area contributed by atoms with Crippen molar-refractivity contribution in [3.05, 3.63) is 41.2 Å². The fourth-order valence-electron chi connectivity index (χ4n) is 2.98. The van der Waals surface area contributed by atoms with E-state index in [1.54, 1.807) is 9.58 Å². The molecule has 1 aromatic carbocycles. The lowest BCUT2D eigenvalue weighted by molar-refractivity contribution is -0.119. The Morgan fingerprint density at radius 2 is 1.93 bits per heavy atom. The van der Waals surface area contributed by atoms with Crippen molar-refractivity contribution in [2.45, 2.75) is 26.8 Å².